The van der Waals surface area contributed by atoms with Gasteiger partial charge in [-0.3, -0.25) is 0 Å². The highest BCUT2D eigenvalue weighted by Gasteiger charge is 1.85. The summed E-state index contributed by atoms with van der Waals surface area (Å²) < 4.78 is 0. The molecule has 0 amide bonds. The zero-order chi connectivity index (χ0) is 5.86. The van der Waals surface area contributed by atoms with Crippen LogP contribution in [0.15, 0.2) is 12.4 Å². The molecule has 0 heterocycles. The Kier molecular flexibility index (Phi) is 2.22. The second-order valence-corrected chi connectivity index (χ2v) is 1.31. The third kappa shape index (κ3) is 2.05. The van der Waals surface area contributed by atoms with Gasteiger partial charge in [-0.25, -0.2) is 5.84 Å². The Bertz CT molecular complexity index is 67.3. The van der Waals surface area contributed by atoms with Crippen molar-refractivity contribution in [2.75, 3.05) is 14.1 Å². The minimum absolute atomic E-state index is 0.708. The van der Waals surface area contributed by atoms with Gasteiger partial charge in [0.05, 0.1) is 0 Å². The Morgan fingerprint density at radius 3 is 2.29 bits per heavy atom. The van der Waals surface area contributed by atoms with E-state index in [9.17, 15) is 0 Å². The van der Waals surface area contributed by atoms with Gasteiger partial charge in [0.25, 0.3) is 0 Å². The molecule has 0 saturated carbocycles. The van der Waals surface area contributed by atoms with Gasteiger partial charge in [0.1, 0.15) is 5.82 Å². The van der Waals surface area contributed by atoms with Crippen molar-refractivity contribution in [3.63, 3.8) is 0 Å². The van der Waals surface area contributed by atoms with Crippen molar-refractivity contribution in [3.8, 4) is 0 Å². The topological polar surface area (TPSA) is 41.3 Å². The summed E-state index contributed by atoms with van der Waals surface area (Å²) in [4.78, 5) is 0. The number of hydrogen-bond donors (Lipinski definition) is 2. The Hall–Kier alpha value is -0.700. The van der Waals surface area contributed by atoms with Gasteiger partial charge in [0, 0.05) is 14.1 Å². The highest BCUT2D eigenvalue weighted by atomic mass is 15.4. The molecule has 0 spiro atoms. The first-order valence-corrected chi connectivity index (χ1v) is 2.03. The van der Waals surface area contributed by atoms with Crippen LogP contribution in [0.2, 0.25) is 0 Å². The van der Waals surface area contributed by atoms with Crippen molar-refractivity contribution in [2.24, 2.45) is 5.84 Å². The molecular formula is C4H11N3. The zero-order valence-corrected chi connectivity index (χ0v) is 4.73. The molecule has 0 aromatic carbocycles. The number of nitrogens with two attached hydrogens (primary N) is 1. The van der Waals surface area contributed by atoms with Crippen molar-refractivity contribution in [1.29, 1.82) is 0 Å². The van der Waals surface area contributed by atoms with Gasteiger partial charge in [-0.1, -0.05) is 6.58 Å². The highest BCUT2D eigenvalue weighted by Crippen LogP contribution is 1.78. The molecule has 0 fully saturated rings. The number of rotatable bonds is 2. The molecular weight excluding hydrogens is 90.1 g/mol. The van der Waals surface area contributed by atoms with E-state index in [1.54, 1.807) is 14.1 Å². The van der Waals surface area contributed by atoms with Gasteiger partial charge >= 0.3 is 0 Å². The molecule has 0 aliphatic carbocycles. The molecule has 3 nitrogen and oxygen atoms in total. The third-order valence-corrected chi connectivity index (χ3v) is 0.714. The molecule has 3 heteroatoms. The maximum atomic E-state index is 5.22. The van der Waals surface area contributed by atoms with Crippen molar-refractivity contribution in [3.05, 3.63) is 12.4 Å². The smallest absolute Gasteiger partial charge is 0.108 e. The monoisotopic (exact) mass is 101 g/mol. The Morgan fingerprint density at radius 2 is 2.29 bits per heavy atom. The molecule has 42 valence electrons. The Labute approximate surface area is 43.8 Å². The summed E-state index contributed by atoms with van der Waals surface area (Å²) in [6.07, 6.45) is 0. The molecule has 3 N–H and O–H groups in total. The van der Waals surface area contributed by atoms with E-state index in [-0.39, 0.29) is 0 Å². The van der Waals surface area contributed by atoms with Crippen molar-refractivity contribution < 1.29 is 0 Å². The number of hydrogen-bond acceptors (Lipinski definition) is 3. The molecule has 0 aliphatic heterocycles. The first-order chi connectivity index (χ1) is 3.18. The normalized spacial score (nSPS) is 7.86. The van der Waals surface area contributed by atoms with E-state index >= 15 is 0 Å². The highest BCUT2D eigenvalue weighted by molar-refractivity contribution is 4.83. The molecule has 0 atom stereocenters. The average Bonchev–Trinajstić information content (AvgIpc) is 1.65. The number of nitrogens with zero attached hydrogens (tertiary/aromatic N) is 1. The van der Waals surface area contributed by atoms with Gasteiger partial charge in [-0.05, 0) is 0 Å². The van der Waals surface area contributed by atoms with Crippen LogP contribution in [-0.4, -0.2) is 19.1 Å². The lowest BCUT2D eigenvalue weighted by molar-refractivity contribution is 0.414. The Balaban J connectivity index is 3.35. The third-order valence-electron chi connectivity index (χ3n) is 0.714. The van der Waals surface area contributed by atoms with Crippen molar-refractivity contribution in [2.45, 2.75) is 0 Å². The number of nitrogens with one attached hydrogen (secondary N) is 1. The fourth-order valence-corrected chi connectivity index (χ4v) is 0.176. The van der Waals surface area contributed by atoms with Gasteiger partial charge in [0.2, 0.25) is 0 Å². The minimum atomic E-state index is 0.708. The molecule has 0 bridgehead atoms. The average molecular weight is 101 g/mol. The van der Waals surface area contributed by atoms with Crippen LogP contribution in [0.1, 0.15) is 0 Å². The second kappa shape index (κ2) is 2.47. The van der Waals surface area contributed by atoms with E-state index < -0.39 is 0 Å². The van der Waals surface area contributed by atoms with Crippen molar-refractivity contribution in [1.82, 2.24) is 10.3 Å². The first-order valence-electron chi connectivity index (χ1n) is 2.03. The van der Waals surface area contributed by atoms with Crippen LogP contribution in [0.4, 0.5) is 0 Å². The summed E-state index contributed by atoms with van der Waals surface area (Å²) in [6.45, 7) is 3.56. The van der Waals surface area contributed by atoms with Crippen molar-refractivity contribution >= 4 is 0 Å². The predicted octanol–water partition coefficient (Wildman–Crippen LogP) is -0.517. The van der Waals surface area contributed by atoms with E-state index in [1.807, 2.05) is 0 Å². The summed E-state index contributed by atoms with van der Waals surface area (Å²) in [6, 6.07) is 0. The van der Waals surface area contributed by atoms with Gasteiger partial charge in [-0.15, -0.1) is 0 Å². The van der Waals surface area contributed by atoms with E-state index in [4.69, 9.17) is 5.84 Å². The fourth-order valence-electron chi connectivity index (χ4n) is 0.176. The maximum absolute atomic E-state index is 5.22. The van der Waals surface area contributed by atoms with E-state index in [0.717, 1.165) is 0 Å². The molecule has 0 aromatic rings. The van der Waals surface area contributed by atoms with E-state index in [0.29, 0.717) is 5.82 Å². The number of hydrazine groups is 1. The Morgan fingerprint density at radius 1 is 1.86 bits per heavy atom. The molecule has 0 aromatic heterocycles. The predicted molar refractivity (Wildman–Crippen MR) is 30.2 cm³/mol. The molecule has 0 aliphatic rings. The first kappa shape index (κ1) is 6.30. The van der Waals surface area contributed by atoms with Crippen LogP contribution in [0.25, 0.3) is 0 Å². The van der Waals surface area contributed by atoms with E-state index in [1.165, 1.54) is 5.01 Å². The molecule has 0 rings (SSSR count). The standard InChI is InChI=1S/C4H11N3/c1-4(6-2)7(3)5/h6H,1,5H2,2-3H3. The lowest BCUT2D eigenvalue weighted by Gasteiger charge is -2.12. The SMILES string of the molecule is C=C(NC)N(C)N. The van der Waals surface area contributed by atoms with Crippen LogP contribution >= 0.6 is 0 Å². The maximum Gasteiger partial charge on any atom is 0.108 e. The summed E-state index contributed by atoms with van der Waals surface area (Å²) in [5.41, 5.74) is 0. The lowest BCUT2D eigenvalue weighted by Crippen LogP contribution is -2.30. The van der Waals surface area contributed by atoms with Gasteiger partial charge in [-0.2, -0.15) is 0 Å². The van der Waals surface area contributed by atoms with Gasteiger partial charge in [0.15, 0.2) is 0 Å². The summed E-state index contributed by atoms with van der Waals surface area (Å²) in [5, 5.41) is 4.19. The second-order valence-electron chi connectivity index (χ2n) is 1.31. The quantitative estimate of drug-likeness (QED) is 0.363. The van der Waals surface area contributed by atoms with Crippen LogP contribution < -0.4 is 11.2 Å². The summed E-state index contributed by atoms with van der Waals surface area (Å²) in [7, 11) is 3.49. The van der Waals surface area contributed by atoms with Crippen LogP contribution in [0.5, 0.6) is 0 Å². The lowest BCUT2D eigenvalue weighted by atomic mass is 10.7. The summed E-state index contributed by atoms with van der Waals surface area (Å²) in [5.74, 6) is 5.93. The van der Waals surface area contributed by atoms with Crippen LogP contribution in [0, 0.1) is 0 Å². The molecule has 0 saturated heterocycles. The largest absolute Gasteiger partial charge is 0.374 e. The minimum Gasteiger partial charge on any atom is -0.374 e. The molecule has 0 unspecified atom stereocenters. The molecule has 7 heavy (non-hydrogen) atoms. The van der Waals surface area contributed by atoms with Crippen LogP contribution in [0.3, 0.4) is 0 Å². The van der Waals surface area contributed by atoms with Crippen LogP contribution in [-0.2, 0) is 0 Å². The summed E-state index contributed by atoms with van der Waals surface area (Å²) >= 11 is 0. The fraction of sp³-hybridized carbons (Fsp3) is 0.500. The van der Waals surface area contributed by atoms with Gasteiger partial charge < -0.3 is 10.3 Å². The zero-order valence-electron chi connectivity index (χ0n) is 4.73. The molecule has 0 radical (unpaired) electrons. The van der Waals surface area contributed by atoms with E-state index in [2.05, 4.69) is 11.9 Å².